The first kappa shape index (κ1) is 27.2. The third kappa shape index (κ3) is 54.1. The number of hydrogen-bond acceptors (Lipinski definition) is 3. The number of carboxylic acids is 1. The van der Waals surface area contributed by atoms with Crippen molar-refractivity contribution in [3.05, 3.63) is 0 Å². The molecule has 0 fully saturated rings. The Balaban J connectivity index is -0.000000104. The molecule has 1 N–H and O–H groups in total. The molecule has 0 saturated carbocycles. The van der Waals surface area contributed by atoms with Crippen molar-refractivity contribution >= 4 is 17.5 Å². The largest absolute Gasteiger partial charge is 0.481 e. The van der Waals surface area contributed by atoms with Crippen molar-refractivity contribution in [2.45, 2.75) is 81.1 Å². The van der Waals surface area contributed by atoms with Crippen LogP contribution in [0, 0.1) is 5.92 Å². The summed E-state index contributed by atoms with van der Waals surface area (Å²) < 4.78 is 0. The van der Waals surface area contributed by atoms with Gasteiger partial charge in [-0.1, -0.05) is 41.5 Å². The summed E-state index contributed by atoms with van der Waals surface area (Å²) in [6.07, 6.45) is 1.66. The number of Topliss-reactive ketones (excluding diaryl/α,β-unsaturated/α-hetero) is 2. The van der Waals surface area contributed by atoms with Gasteiger partial charge in [0.2, 0.25) is 0 Å². The van der Waals surface area contributed by atoms with E-state index in [2.05, 4.69) is 0 Å². The Bertz CT molecular complexity index is 219. The van der Waals surface area contributed by atoms with Crippen molar-refractivity contribution < 1.29 is 19.5 Å². The van der Waals surface area contributed by atoms with Gasteiger partial charge in [0.1, 0.15) is 11.6 Å². The van der Waals surface area contributed by atoms with E-state index in [4.69, 9.17) is 5.11 Å². The first-order valence-electron chi connectivity index (χ1n) is 7.46. The Labute approximate surface area is 125 Å². The quantitative estimate of drug-likeness (QED) is 0.781. The van der Waals surface area contributed by atoms with Crippen LogP contribution < -0.4 is 0 Å². The molecule has 0 aromatic carbocycles. The van der Waals surface area contributed by atoms with E-state index in [0.29, 0.717) is 18.8 Å². The highest BCUT2D eigenvalue weighted by Gasteiger charge is 1.97. The van der Waals surface area contributed by atoms with Gasteiger partial charge in [0.05, 0.1) is 0 Å². The number of rotatable bonds is 6. The minimum absolute atomic E-state index is 0.0521. The average molecular weight is 290 g/mol. The van der Waals surface area contributed by atoms with Crippen LogP contribution in [0.3, 0.4) is 0 Å². The molecule has 0 bridgehead atoms. The third-order valence-electron chi connectivity index (χ3n) is 1.62. The van der Waals surface area contributed by atoms with E-state index in [1.54, 1.807) is 6.92 Å². The molecule has 0 radical (unpaired) electrons. The maximum absolute atomic E-state index is 10.3. The van der Waals surface area contributed by atoms with Gasteiger partial charge in [-0.2, -0.15) is 0 Å². The molecule has 0 aliphatic rings. The zero-order valence-electron chi connectivity index (χ0n) is 14.6. The van der Waals surface area contributed by atoms with Gasteiger partial charge in [-0.05, 0) is 26.2 Å². The lowest BCUT2D eigenvalue weighted by Gasteiger charge is -1.95. The van der Waals surface area contributed by atoms with Gasteiger partial charge < -0.3 is 14.7 Å². The number of carbonyl (C=O) groups is 3. The maximum Gasteiger partial charge on any atom is 0.303 e. The Hall–Kier alpha value is -1.19. The highest BCUT2D eigenvalue weighted by atomic mass is 16.4. The van der Waals surface area contributed by atoms with E-state index in [-0.39, 0.29) is 18.0 Å². The summed E-state index contributed by atoms with van der Waals surface area (Å²) in [5.74, 6) is 0.0278. The van der Waals surface area contributed by atoms with Gasteiger partial charge in [0, 0.05) is 19.3 Å². The first-order valence-corrected chi connectivity index (χ1v) is 7.46. The summed E-state index contributed by atoms with van der Waals surface area (Å²) in [6.45, 7) is 15.2. The lowest BCUT2D eigenvalue weighted by Crippen LogP contribution is -1.96. The van der Waals surface area contributed by atoms with E-state index < -0.39 is 5.97 Å². The van der Waals surface area contributed by atoms with Crippen LogP contribution in [0.15, 0.2) is 0 Å². The Kier molecular flexibility index (Phi) is 31.2. The van der Waals surface area contributed by atoms with Crippen LogP contribution in [0.4, 0.5) is 0 Å². The molecule has 0 heterocycles. The Morgan fingerprint density at radius 1 is 0.850 bits per heavy atom. The lowest BCUT2D eigenvalue weighted by molar-refractivity contribution is -0.137. The minimum atomic E-state index is -0.837. The number of carbonyl (C=O) groups excluding carboxylic acids is 2. The van der Waals surface area contributed by atoms with Gasteiger partial charge in [-0.3, -0.25) is 4.79 Å². The molecule has 0 aliphatic heterocycles. The molecule has 0 aliphatic carbocycles. The predicted octanol–water partition coefficient (Wildman–Crippen LogP) is 4.50. The smallest absolute Gasteiger partial charge is 0.303 e. The molecule has 4 nitrogen and oxygen atoms in total. The van der Waals surface area contributed by atoms with Crippen molar-refractivity contribution in [2.75, 3.05) is 0 Å². The fraction of sp³-hybridized carbons (Fsp3) is 0.812. The topological polar surface area (TPSA) is 71.4 Å². The number of carboxylic acid groups (broad SMARTS) is 1. The van der Waals surface area contributed by atoms with Crippen molar-refractivity contribution in [1.29, 1.82) is 0 Å². The molecule has 0 aromatic rings. The third-order valence-corrected chi connectivity index (χ3v) is 1.62. The summed E-state index contributed by atoms with van der Waals surface area (Å²) in [7, 11) is 0. The van der Waals surface area contributed by atoms with Crippen LogP contribution in [0.1, 0.15) is 81.1 Å². The van der Waals surface area contributed by atoms with E-state index in [0.717, 1.165) is 6.42 Å². The van der Waals surface area contributed by atoms with Gasteiger partial charge in [0.15, 0.2) is 0 Å². The molecule has 20 heavy (non-hydrogen) atoms. The second kappa shape index (κ2) is 22.9. The molecule has 0 spiro atoms. The number of ketones is 2. The average Bonchev–Trinajstić information content (AvgIpc) is 2.32. The zero-order valence-corrected chi connectivity index (χ0v) is 14.6. The van der Waals surface area contributed by atoms with Crippen LogP contribution in [0.25, 0.3) is 0 Å². The van der Waals surface area contributed by atoms with Crippen LogP contribution >= 0.6 is 0 Å². The molecular weight excluding hydrogens is 256 g/mol. The molecule has 0 aromatic heterocycles. The van der Waals surface area contributed by atoms with Crippen molar-refractivity contribution in [1.82, 2.24) is 0 Å². The summed E-state index contributed by atoms with van der Waals surface area (Å²) in [4.78, 5) is 30.4. The lowest BCUT2D eigenvalue weighted by atomic mass is 10.1. The monoisotopic (exact) mass is 290 g/mol. The summed E-state index contributed by atoms with van der Waals surface area (Å²) >= 11 is 0. The second-order valence-corrected chi connectivity index (χ2v) is 4.25. The molecule has 4 heteroatoms. The van der Waals surface area contributed by atoms with E-state index >= 15 is 0 Å². The van der Waals surface area contributed by atoms with Gasteiger partial charge in [0.25, 0.3) is 0 Å². The normalized spacial score (nSPS) is 8.05. The standard InChI is InChI=1S/C6H10O3.C6H12O.2C2H6/c1-5(7)3-2-4-6(8)9;1-5(2)4-6(3)7;2*1-2/h2-4H2,1H3,(H,8,9);5H,4H2,1-3H3;2*1-2H3. The fourth-order valence-electron chi connectivity index (χ4n) is 1.06. The maximum atomic E-state index is 10.3. The molecule has 0 rings (SSSR count). The van der Waals surface area contributed by atoms with E-state index in [1.807, 2.05) is 41.5 Å². The fourth-order valence-corrected chi connectivity index (χ4v) is 1.06. The Morgan fingerprint density at radius 2 is 1.25 bits per heavy atom. The minimum Gasteiger partial charge on any atom is -0.481 e. The molecular formula is C16H34O4. The Morgan fingerprint density at radius 3 is 1.40 bits per heavy atom. The molecule has 0 amide bonds. The summed E-state index contributed by atoms with van der Waals surface area (Å²) in [5, 5.41) is 8.12. The first-order chi connectivity index (χ1) is 9.25. The SMILES string of the molecule is CC.CC.CC(=O)CC(C)C.CC(=O)CCCC(=O)O. The van der Waals surface area contributed by atoms with Crippen molar-refractivity contribution in [3.63, 3.8) is 0 Å². The van der Waals surface area contributed by atoms with Gasteiger partial charge in [-0.15, -0.1) is 0 Å². The number of aliphatic carboxylic acids is 1. The highest BCUT2D eigenvalue weighted by molar-refractivity contribution is 5.76. The summed E-state index contributed by atoms with van der Waals surface area (Å²) in [6, 6.07) is 0. The molecule has 0 saturated heterocycles. The van der Waals surface area contributed by atoms with Crippen LogP contribution in [0.2, 0.25) is 0 Å². The zero-order chi connectivity index (χ0) is 17.1. The van der Waals surface area contributed by atoms with Gasteiger partial charge in [-0.25, -0.2) is 0 Å². The summed E-state index contributed by atoms with van der Waals surface area (Å²) in [5.41, 5.74) is 0. The van der Waals surface area contributed by atoms with Gasteiger partial charge >= 0.3 is 5.97 Å². The van der Waals surface area contributed by atoms with Crippen LogP contribution in [-0.4, -0.2) is 22.6 Å². The van der Waals surface area contributed by atoms with E-state index in [1.165, 1.54) is 6.92 Å². The van der Waals surface area contributed by atoms with E-state index in [9.17, 15) is 14.4 Å². The van der Waals surface area contributed by atoms with Crippen LogP contribution in [0.5, 0.6) is 0 Å². The molecule has 0 atom stereocenters. The van der Waals surface area contributed by atoms with Crippen molar-refractivity contribution in [3.8, 4) is 0 Å². The second-order valence-electron chi connectivity index (χ2n) is 4.25. The predicted molar refractivity (Wildman–Crippen MR) is 85.0 cm³/mol. The van der Waals surface area contributed by atoms with Crippen molar-refractivity contribution in [2.24, 2.45) is 5.92 Å². The van der Waals surface area contributed by atoms with Crippen LogP contribution in [-0.2, 0) is 14.4 Å². The molecule has 122 valence electrons. The number of hydrogen-bond donors (Lipinski definition) is 1. The molecule has 0 unspecified atom stereocenters. The highest BCUT2D eigenvalue weighted by Crippen LogP contribution is 1.97.